The number of nitrogens with one attached hydrogen (secondary N) is 1. The lowest BCUT2D eigenvalue weighted by Gasteiger charge is -2.10. The zero-order valence-corrected chi connectivity index (χ0v) is 11.8. The molecule has 0 spiro atoms. The molecule has 2 rings (SSSR count). The maximum absolute atomic E-state index is 11.7. The Kier molecular flexibility index (Phi) is 4.32. The summed E-state index contributed by atoms with van der Waals surface area (Å²) in [5.41, 5.74) is 0.0954. The molecule has 0 aliphatic carbocycles. The molecule has 1 amide bonds. The van der Waals surface area contributed by atoms with Gasteiger partial charge in [0.15, 0.2) is 6.61 Å². The van der Waals surface area contributed by atoms with Crippen LogP contribution in [0.3, 0.4) is 0 Å². The molecule has 7 nitrogen and oxygen atoms in total. The second kappa shape index (κ2) is 6.17. The molecule has 2 aromatic rings. The summed E-state index contributed by atoms with van der Waals surface area (Å²) in [6.45, 7) is -0.312. The summed E-state index contributed by atoms with van der Waals surface area (Å²) >= 11 is 0. The van der Waals surface area contributed by atoms with E-state index in [-0.39, 0.29) is 24.5 Å². The molecular weight excluding hydrogens is 274 g/mol. The molecule has 0 radical (unpaired) electrons. The fourth-order valence-corrected chi connectivity index (χ4v) is 1.77. The number of aromatic nitrogens is 2. The van der Waals surface area contributed by atoms with Crippen LogP contribution in [0.15, 0.2) is 29.1 Å². The summed E-state index contributed by atoms with van der Waals surface area (Å²) in [6.07, 6.45) is -0.113. The van der Waals surface area contributed by atoms with Crippen molar-refractivity contribution in [3.63, 3.8) is 0 Å². The average molecular weight is 289 g/mol. The largest absolute Gasteiger partial charge is 0.455 e. The van der Waals surface area contributed by atoms with Crippen LogP contribution in [0.25, 0.3) is 10.8 Å². The van der Waals surface area contributed by atoms with Gasteiger partial charge in [-0.25, -0.2) is 5.10 Å². The maximum atomic E-state index is 11.7. The van der Waals surface area contributed by atoms with Gasteiger partial charge in [-0.1, -0.05) is 18.2 Å². The SMILES string of the molecule is CN(C)C(=O)COC(=O)Cc1n[nH]c(=O)c2ccccc12. The molecule has 0 atom stereocenters. The minimum absolute atomic E-state index is 0.113. The van der Waals surface area contributed by atoms with Crippen LogP contribution in [0.4, 0.5) is 0 Å². The van der Waals surface area contributed by atoms with E-state index in [4.69, 9.17) is 4.74 Å². The molecule has 0 unspecified atom stereocenters. The van der Waals surface area contributed by atoms with Gasteiger partial charge in [-0.15, -0.1) is 0 Å². The monoisotopic (exact) mass is 289 g/mol. The third kappa shape index (κ3) is 3.44. The number of amides is 1. The summed E-state index contributed by atoms with van der Waals surface area (Å²) in [4.78, 5) is 36.0. The van der Waals surface area contributed by atoms with Crippen molar-refractivity contribution in [2.24, 2.45) is 0 Å². The van der Waals surface area contributed by atoms with Crippen molar-refractivity contribution in [3.8, 4) is 0 Å². The fourth-order valence-electron chi connectivity index (χ4n) is 1.77. The molecule has 0 saturated carbocycles. The molecule has 7 heteroatoms. The van der Waals surface area contributed by atoms with Crippen LogP contribution in [0.2, 0.25) is 0 Å². The molecule has 0 bridgehead atoms. The second-order valence-corrected chi connectivity index (χ2v) is 4.67. The van der Waals surface area contributed by atoms with Gasteiger partial charge in [-0.3, -0.25) is 14.4 Å². The number of benzene rings is 1. The molecular formula is C14H15N3O4. The summed E-state index contributed by atoms with van der Waals surface area (Å²) < 4.78 is 4.89. The van der Waals surface area contributed by atoms with Gasteiger partial charge in [0, 0.05) is 19.5 Å². The highest BCUT2D eigenvalue weighted by Crippen LogP contribution is 2.13. The van der Waals surface area contributed by atoms with Crippen LogP contribution in [-0.2, 0) is 20.7 Å². The molecule has 0 fully saturated rings. The lowest BCUT2D eigenvalue weighted by atomic mass is 10.1. The predicted molar refractivity (Wildman–Crippen MR) is 75.7 cm³/mol. The number of hydrogen-bond donors (Lipinski definition) is 1. The highest BCUT2D eigenvalue weighted by Gasteiger charge is 2.13. The Morgan fingerprint density at radius 3 is 2.57 bits per heavy atom. The minimum Gasteiger partial charge on any atom is -0.455 e. The number of ether oxygens (including phenoxy) is 1. The van der Waals surface area contributed by atoms with Gasteiger partial charge in [0.1, 0.15) is 0 Å². The highest BCUT2D eigenvalue weighted by molar-refractivity contribution is 5.87. The standard InChI is InChI=1S/C14H15N3O4/c1-17(2)12(18)8-21-13(19)7-11-9-5-3-4-6-10(9)14(20)16-15-11/h3-6H,7-8H2,1-2H3,(H,16,20). The summed E-state index contributed by atoms with van der Waals surface area (Å²) in [7, 11) is 3.15. The lowest BCUT2D eigenvalue weighted by Crippen LogP contribution is -2.28. The van der Waals surface area contributed by atoms with Crippen LogP contribution < -0.4 is 5.56 Å². The van der Waals surface area contributed by atoms with E-state index in [9.17, 15) is 14.4 Å². The van der Waals surface area contributed by atoms with Gasteiger partial charge >= 0.3 is 5.97 Å². The third-order valence-electron chi connectivity index (χ3n) is 2.94. The van der Waals surface area contributed by atoms with Crippen molar-refractivity contribution in [2.75, 3.05) is 20.7 Å². The van der Waals surface area contributed by atoms with Crippen molar-refractivity contribution >= 4 is 22.6 Å². The van der Waals surface area contributed by atoms with Crippen LogP contribution in [0.5, 0.6) is 0 Å². The Morgan fingerprint density at radius 2 is 1.90 bits per heavy atom. The maximum Gasteiger partial charge on any atom is 0.312 e. The smallest absolute Gasteiger partial charge is 0.312 e. The van der Waals surface area contributed by atoms with Crippen molar-refractivity contribution < 1.29 is 14.3 Å². The first-order valence-corrected chi connectivity index (χ1v) is 6.31. The van der Waals surface area contributed by atoms with Crippen LogP contribution in [0, 0.1) is 0 Å². The van der Waals surface area contributed by atoms with E-state index in [0.29, 0.717) is 16.5 Å². The molecule has 110 valence electrons. The fraction of sp³-hybridized carbons (Fsp3) is 0.286. The lowest BCUT2D eigenvalue weighted by molar-refractivity contribution is -0.150. The van der Waals surface area contributed by atoms with E-state index >= 15 is 0 Å². The summed E-state index contributed by atoms with van der Waals surface area (Å²) in [5, 5.41) is 7.27. The number of nitrogens with zero attached hydrogens (tertiary/aromatic N) is 2. The first-order valence-electron chi connectivity index (χ1n) is 6.31. The van der Waals surface area contributed by atoms with Gasteiger partial charge in [-0.2, -0.15) is 5.10 Å². The van der Waals surface area contributed by atoms with Crippen molar-refractivity contribution in [3.05, 3.63) is 40.3 Å². The van der Waals surface area contributed by atoms with Gasteiger partial charge in [0.2, 0.25) is 0 Å². The Labute approximate surface area is 120 Å². The number of carbonyl (C=O) groups excluding carboxylic acids is 2. The predicted octanol–water partition coefficient (Wildman–Crippen LogP) is 0.0970. The number of hydrogen-bond acceptors (Lipinski definition) is 5. The normalized spacial score (nSPS) is 10.4. The zero-order valence-electron chi connectivity index (χ0n) is 11.8. The number of carbonyl (C=O) groups is 2. The average Bonchev–Trinajstić information content (AvgIpc) is 2.48. The third-order valence-corrected chi connectivity index (χ3v) is 2.94. The van der Waals surface area contributed by atoms with E-state index in [1.165, 1.54) is 4.90 Å². The van der Waals surface area contributed by atoms with Crippen LogP contribution in [-0.4, -0.2) is 47.7 Å². The molecule has 1 aromatic carbocycles. The zero-order chi connectivity index (χ0) is 15.4. The minimum atomic E-state index is -0.574. The number of aromatic amines is 1. The first kappa shape index (κ1) is 14.7. The number of likely N-dealkylation sites (N-methyl/N-ethyl adjacent to an activating group) is 1. The van der Waals surface area contributed by atoms with E-state index in [2.05, 4.69) is 10.2 Å². The van der Waals surface area contributed by atoms with Gasteiger partial charge in [0.25, 0.3) is 11.5 Å². The topological polar surface area (TPSA) is 92.4 Å². The highest BCUT2D eigenvalue weighted by atomic mass is 16.5. The molecule has 1 aromatic heterocycles. The van der Waals surface area contributed by atoms with Crippen molar-refractivity contribution in [1.29, 1.82) is 0 Å². The van der Waals surface area contributed by atoms with E-state index in [0.717, 1.165) is 0 Å². The van der Waals surface area contributed by atoms with Crippen LogP contribution >= 0.6 is 0 Å². The van der Waals surface area contributed by atoms with Gasteiger partial charge < -0.3 is 9.64 Å². The summed E-state index contributed by atoms with van der Waals surface area (Å²) in [5.74, 6) is -0.877. The molecule has 1 heterocycles. The van der Waals surface area contributed by atoms with Gasteiger partial charge in [-0.05, 0) is 6.07 Å². The Balaban J connectivity index is 2.13. The number of H-pyrrole nitrogens is 1. The van der Waals surface area contributed by atoms with Gasteiger partial charge in [0.05, 0.1) is 17.5 Å². The number of rotatable bonds is 4. The molecule has 0 saturated heterocycles. The summed E-state index contributed by atoms with van der Waals surface area (Å²) in [6, 6.07) is 6.86. The van der Waals surface area contributed by atoms with E-state index in [1.54, 1.807) is 38.4 Å². The number of fused-ring (bicyclic) bond motifs is 1. The van der Waals surface area contributed by atoms with E-state index < -0.39 is 5.97 Å². The van der Waals surface area contributed by atoms with Crippen molar-refractivity contribution in [1.82, 2.24) is 15.1 Å². The van der Waals surface area contributed by atoms with Crippen LogP contribution in [0.1, 0.15) is 5.69 Å². The Morgan fingerprint density at radius 1 is 1.24 bits per heavy atom. The molecule has 21 heavy (non-hydrogen) atoms. The van der Waals surface area contributed by atoms with E-state index in [1.807, 2.05) is 0 Å². The quantitative estimate of drug-likeness (QED) is 0.806. The Hall–Kier alpha value is -2.70. The molecule has 0 aliphatic rings. The van der Waals surface area contributed by atoms with Crippen molar-refractivity contribution in [2.45, 2.75) is 6.42 Å². The molecule has 0 aliphatic heterocycles. The first-order chi connectivity index (χ1) is 9.99. The molecule has 1 N–H and O–H groups in total. The number of esters is 1. The Bertz CT molecular complexity index is 736. The second-order valence-electron chi connectivity index (χ2n) is 4.67.